The zero-order valence-corrected chi connectivity index (χ0v) is 28.9. The lowest BCUT2D eigenvalue weighted by Crippen LogP contribution is -2.70. The lowest BCUT2D eigenvalue weighted by molar-refractivity contribution is -0.0910. The van der Waals surface area contributed by atoms with Gasteiger partial charge in [0.1, 0.15) is 0 Å². The average Bonchev–Trinajstić information content (AvgIpc) is 3.62. The topological polar surface area (TPSA) is 36.9 Å². The molecule has 0 saturated carbocycles. The van der Waals surface area contributed by atoms with Crippen molar-refractivity contribution >= 4 is 37.4 Å². The van der Waals surface area contributed by atoms with Crippen molar-refractivity contribution in [1.29, 1.82) is 0 Å². The van der Waals surface area contributed by atoms with E-state index in [1.807, 2.05) is 0 Å². The normalized spacial score (nSPS) is 22.6. The third-order valence-electron chi connectivity index (χ3n) is 9.51. The van der Waals surface area contributed by atoms with Crippen molar-refractivity contribution in [3.05, 3.63) is 121 Å². The van der Waals surface area contributed by atoms with Gasteiger partial charge in [-0.15, -0.1) is 0 Å². The summed E-state index contributed by atoms with van der Waals surface area (Å²) in [5.41, 5.74) is 0. The molecule has 0 spiro atoms. The van der Waals surface area contributed by atoms with E-state index in [1.54, 1.807) is 0 Å². The summed E-state index contributed by atoms with van der Waals surface area (Å²) < 4.78 is 28.1. The zero-order chi connectivity index (χ0) is 31.0. The fourth-order valence-electron chi connectivity index (χ4n) is 7.52. The van der Waals surface area contributed by atoms with Crippen LogP contribution in [0.2, 0.25) is 10.1 Å². The first-order valence-electron chi connectivity index (χ1n) is 15.9. The Morgan fingerprint density at radius 1 is 0.477 bits per heavy atom. The molecule has 2 fully saturated rings. The molecule has 0 aliphatic carbocycles. The first kappa shape index (κ1) is 31.1. The van der Waals surface area contributed by atoms with Crippen LogP contribution in [0, 0.1) is 5.92 Å². The van der Waals surface area contributed by atoms with Gasteiger partial charge >= 0.3 is 0 Å². The molecule has 230 valence electrons. The van der Waals surface area contributed by atoms with Gasteiger partial charge in [0.15, 0.2) is 6.29 Å². The van der Waals surface area contributed by atoms with Gasteiger partial charge in [-0.2, -0.15) is 0 Å². The summed E-state index contributed by atoms with van der Waals surface area (Å²) >= 11 is 0. The molecule has 6 heteroatoms. The summed E-state index contributed by atoms with van der Waals surface area (Å²) in [7, 11) is -5.61. The van der Waals surface area contributed by atoms with Crippen molar-refractivity contribution < 1.29 is 18.3 Å². The smallest absolute Gasteiger partial charge is 0.261 e. The fourth-order valence-corrected chi connectivity index (χ4v) is 16.9. The van der Waals surface area contributed by atoms with Crippen LogP contribution in [0.1, 0.15) is 41.5 Å². The fraction of sp³-hybridized carbons (Fsp3) is 0.368. The van der Waals surface area contributed by atoms with E-state index in [2.05, 4.69) is 163 Å². The van der Waals surface area contributed by atoms with Crippen molar-refractivity contribution in [2.45, 2.75) is 70.1 Å². The van der Waals surface area contributed by atoms with Gasteiger partial charge in [-0.25, -0.2) is 0 Å². The molecule has 4 aromatic rings. The number of hydrogen-bond donors (Lipinski definition) is 0. The van der Waals surface area contributed by atoms with Crippen LogP contribution < -0.4 is 20.7 Å². The van der Waals surface area contributed by atoms with Gasteiger partial charge in [-0.3, -0.25) is 0 Å². The summed E-state index contributed by atoms with van der Waals surface area (Å²) in [6.45, 7) is 14.9. The monoisotopic (exact) mass is 622 g/mol. The number of hydrogen-bond acceptors (Lipinski definition) is 4. The second kappa shape index (κ2) is 12.2. The molecule has 2 aliphatic heterocycles. The summed E-state index contributed by atoms with van der Waals surface area (Å²) in [4.78, 5) is 0. The second-order valence-electron chi connectivity index (χ2n) is 14.3. The third kappa shape index (κ3) is 5.36. The highest BCUT2D eigenvalue weighted by Gasteiger charge is 2.60. The molecular weight excluding hydrogens is 577 g/mol. The quantitative estimate of drug-likeness (QED) is 0.230. The molecule has 0 unspecified atom stereocenters. The third-order valence-corrected chi connectivity index (χ3v) is 19.6. The van der Waals surface area contributed by atoms with Gasteiger partial charge in [0.25, 0.3) is 16.6 Å². The van der Waals surface area contributed by atoms with Gasteiger partial charge in [-0.1, -0.05) is 163 Å². The summed E-state index contributed by atoms with van der Waals surface area (Å²) in [6.07, 6.45) is -0.685. The molecule has 2 atom stereocenters. The van der Waals surface area contributed by atoms with Gasteiger partial charge in [0.2, 0.25) is 0 Å². The molecule has 2 aliphatic rings. The molecule has 0 aromatic heterocycles. The van der Waals surface area contributed by atoms with Crippen LogP contribution in [0.15, 0.2) is 121 Å². The summed E-state index contributed by atoms with van der Waals surface area (Å²) in [5.74, 6) is -0.0432. The minimum absolute atomic E-state index is 0.0432. The highest BCUT2D eigenvalue weighted by Crippen LogP contribution is 2.45. The van der Waals surface area contributed by atoms with Gasteiger partial charge in [-0.05, 0) is 30.8 Å². The highest BCUT2D eigenvalue weighted by atomic mass is 28.4. The number of benzene rings is 4. The Morgan fingerprint density at radius 3 is 1.00 bits per heavy atom. The molecule has 2 saturated heterocycles. The maximum absolute atomic E-state index is 7.66. The van der Waals surface area contributed by atoms with Crippen molar-refractivity contribution in [2.24, 2.45) is 5.92 Å². The Hall–Kier alpha value is -2.85. The molecule has 0 radical (unpaired) electrons. The summed E-state index contributed by atoms with van der Waals surface area (Å²) in [6, 6.07) is 43.4. The molecule has 0 N–H and O–H groups in total. The second-order valence-corrected chi connectivity index (χ2v) is 22.8. The SMILES string of the molecule is CC(C)(C)[Si](O[C@H]1CO[C@H]2OC[C@H](O[Si](c3ccccc3)(c3ccccc3)C(C)(C)C)[C@H]21)(c1ccccc1)c1ccccc1. The lowest BCUT2D eigenvalue weighted by Gasteiger charge is -2.47. The van der Waals surface area contributed by atoms with E-state index in [-0.39, 0.29) is 34.5 Å². The van der Waals surface area contributed by atoms with Crippen LogP contribution in [0.3, 0.4) is 0 Å². The Morgan fingerprint density at radius 2 is 0.750 bits per heavy atom. The average molecular weight is 623 g/mol. The summed E-state index contributed by atoms with van der Waals surface area (Å²) in [5, 5.41) is 4.80. The van der Waals surface area contributed by atoms with E-state index in [9.17, 15) is 0 Å². The Balaban J connectivity index is 1.44. The van der Waals surface area contributed by atoms with E-state index in [4.69, 9.17) is 18.3 Å². The molecule has 0 bridgehead atoms. The predicted molar refractivity (Wildman–Crippen MR) is 184 cm³/mol. The van der Waals surface area contributed by atoms with Crippen molar-refractivity contribution in [2.75, 3.05) is 13.2 Å². The predicted octanol–water partition coefficient (Wildman–Crippen LogP) is 5.88. The van der Waals surface area contributed by atoms with Crippen LogP contribution in [0.4, 0.5) is 0 Å². The number of fused-ring (bicyclic) bond motifs is 1. The first-order chi connectivity index (χ1) is 21.1. The highest BCUT2D eigenvalue weighted by molar-refractivity contribution is 7.00. The van der Waals surface area contributed by atoms with Crippen LogP contribution in [-0.4, -0.2) is 48.3 Å². The van der Waals surface area contributed by atoms with E-state index >= 15 is 0 Å². The van der Waals surface area contributed by atoms with Gasteiger partial charge in [0.05, 0.1) is 31.3 Å². The Kier molecular flexibility index (Phi) is 8.61. The van der Waals surface area contributed by atoms with Crippen LogP contribution in [0.25, 0.3) is 0 Å². The van der Waals surface area contributed by atoms with Crippen molar-refractivity contribution in [3.8, 4) is 0 Å². The van der Waals surface area contributed by atoms with Crippen LogP contribution in [-0.2, 0) is 18.3 Å². The standard InChI is InChI=1S/C38H46O4Si2/c1-37(2,3)43(29-19-11-7-12-20-29,30-21-13-8-14-22-30)41-33-27-39-36-35(33)34(28-40-36)42-44(38(4,5)6,31-23-15-9-16-24-31)32-25-17-10-18-26-32/h7-26,33-36H,27-28H2,1-6H3/t33-,34-,35-,36+/m0/s1. The molecule has 44 heavy (non-hydrogen) atoms. The van der Waals surface area contributed by atoms with E-state index < -0.39 is 16.6 Å². The number of rotatable bonds is 8. The first-order valence-corrected chi connectivity index (χ1v) is 19.7. The number of ether oxygens (including phenoxy) is 2. The lowest BCUT2D eigenvalue weighted by atomic mass is 10.0. The Bertz CT molecular complexity index is 1310. The van der Waals surface area contributed by atoms with Crippen molar-refractivity contribution in [1.82, 2.24) is 0 Å². The molecule has 2 heterocycles. The minimum atomic E-state index is -2.81. The zero-order valence-electron chi connectivity index (χ0n) is 26.9. The van der Waals surface area contributed by atoms with Gasteiger partial charge in [0, 0.05) is 0 Å². The molecule has 4 nitrogen and oxygen atoms in total. The van der Waals surface area contributed by atoms with Crippen LogP contribution >= 0.6 is 0 Å². The minimum Gasteiger partial charge on any atom is -0.402 e. The maximum atomic E-state index is 7.66. The van der Waals surface area contributed by atoms with Gasteiger partial charge < -0.3 is 18.3 Å². The van der Waals surface area contributed by atoms with E-state index in [1.165, 1.54) is 20.7 Å². The molecule has 4 aromatic carbocycles. The largest absolute Gasteiger partial charge is 0.402 e. The maximum Gasteiger partial charge on any atom is 0.261 e. The van der Waals surface area contributed by atoms with Crippen LogP contribution in [0.5, 0.6) is 0 Å². The van der Waals surface area contributed by atoms with E-state index in [0.29, 0.717) is 13.2 Å². The molecule has 6 rings (SSSR count). The molecular formula is C38H46O4Si2. The molecule has 0 amide bonds. The van der Waals surface area contributed by atoms with E-state index in [0.717, 1.165) is 0 Å². The van der Waals surface area contributed by atoms with Crippen molar-refractivity contribution in [3.63, 3.8) is 0 Å². The Labute approximate surface area is 265 Å².